The summed E-state index contributed by atoms with van der Waals surface area (Å²) in [4.78, 5) is 1.34. The molecule has 0 nitrogen and oxygen atoms in total. The molecule has 0 heterocycles. The minimum absolute atomic E-state index is 1.28. The van der Waals surface area contributed by atoms with Crippen LogP contribution in [-0.2, 0) is 0 Å². The van der Waals surface area contributed by atoms with Crippen molar-refractivity contribution in [3.8, 4) is 0 Å². The first-order chi connectivity index (χ1) is 4.34. The van der Waals surface area contributed by atoms with Crippen molar-refractivity contribution in [1.29, 1.82) is 0 Å². The van der Waals surface area contributed by atoms with Crippen molar-refractivity contribution in [2.24, 2.45) is 0 Å². The van der Waals surface area contributed by atoms with E-state index >= 15 is 0 Å². The van der Waals surface area contributed by atoms with Gasteiger partial charge in [0, 0.05) is 0 Å². The molecule has 0 bridgehead atoms. The molecule has 0 atom stereocenters. The van der Waals surface area contributed by atoms with Gasteiger partial charge in [-0.15, -0.1) is 16.2 Å². The van der Waals surface area contributed by atoms with Gasteiger partial charge < -0.3 is 0 Å². The maximum absolute atomic E-state index is 2.71. The molecule has 0 aliphatic heterocycles. The van der Waals surface area contributed by atoms with Gasteiger partial charge in [-0.2, -0.15) is 0 Å². The highest BCUT2D eigenvalue weighted by atomic mass is 32.2. The molecule has 0 amide bonds. The van der Waals surface area contributed by atoms with Crippen molar-refractivity contribution < 1.29 is 0 Å². The summed E-state index contributed by atoms with van der Waals surface area (Å²) in [5.74, 6) is 0. The first kappa shape index (κ1) is 7.21. The minimum atomic E-state index is 1.28. The fraction of sp³-hybridized carbons (Fsp3) is 0.143. The molecule has 2 heteroatoms. The molecule has 0 fully saturated rings. The molecule has 0 N–H and O–H groups in total. The van der Waals surface area contributed by atoms with E-state index in [4.69, 9.17) is 0 Å². The maximum Gasteiger partial charge on any atom is 0.177 e. The normalized spacial score (nSPS) is 9.44. The Labute approximate surface area is 68.1 Å². The Morgan fingerprint density at radius 2 is 2.00 bits per heavy atom. The molecule has 44 valence electrons. The minimum Gasteiger partial charge on any atom is -0.131 e. The summed E-state index contributed by atoms with van der Waals surface area (Å²) in [5, 5.41) is 0. The molecule has 0 saturated heterocycles. The van der Waals surface area contributed by atoms with Crippen molar-refractivity contribution in [3.63, 3.8) is 0 Å². The lowest BCUT2D eigenvalue weighted by molar-refractivity contribution is 1.53. The second-order valence-corrected chi connectivity index (χ2v) is 3.21. The van der Waals surface area contributed by atoms with Crippen LogP contribution in [0.4, 0.5) is 0 Å². The van der Waals surface area contributed by atoms with E-state index in [1.807, 2.05) is 6.07 Å². The molecule has 0 aliphatic carbocycles. The summed E-state index contributed by atoms with van der Waals surface area (Å²) in [5.41, 5.74) is 0. The second-order valence-electron chi connectivity index (χ2n) is 1.74. The Morgan fingerprint density at radius 1 is 1.33 bits per heavy atom. The topological polar surface area (TPSA) is 0 Å². The SMILES string of the molecule is CSc1cccc[c]1[Al]. The Balaban J connectivity index is 3.01. The van der Waals surface area contributed by atoms with Gasteiger partial charge in [0.15, 0.2) is 16.3 Å². The van der Waals surface area contributed by atoms with Crippen LogP contribution in [0.1, 0.15) is 0 Å². The molecule has 1 aromatic carbocycles. The zero-order chi connectivity index (χ0) is 6.69. The molecule has 1 rings (SSSR count). The molecule has 2 radical (unpaired) electrons. The van der Waals surface area contributed by atoms with Crippen molar-refractivity contribution in [2.75, 3.05) is 6.26 Å². The van der Waals surface area contributed by atoms with Gasteiger partial charge in [-0.05, 0) is 17.2 Å². The molecule has 9 heavy (non-hydrogen) atoms. The summed E-state index contributed by atoms with van der Waals surface area (Å²) in [6, 6.07) is 8.31. The van der Waals surface area contributed by atoms with Crippen LogP contribution in [0.3, 0.4) is 0 Å². The molecule has 0 saturated carbocycles. The highest BCUT2D eigenvalue weighted by Crippen LogP contribution is 2.08. The van der Waals surface area contributed by atoms with E-state index in [1.54, 1.807) is 11.8 Å². The standard InChI is InChI=1S/C7H7S.Al/c1-8-7-5-3-2-4-6-7;/h2-5H,1H3;. The third-order valence-corrected chi connectivity index (χ3v) is 2.66. The van der Waals surface area contributed by atoms with Gasteiger partial charge in [-0.3, -0.25) is 0 Å². The van der Waals surface area contributed by atoms with Crippen LogP contribution in [0, 0.1) is 0 Å². The summed E-state index contributed by atoms with van der Waals surface area (Å²) >= 11 is 4.49. The van der Waals surface area contributed by atoms with E-state index in [2.05, 4.69) is 40.7 Å². The predicted molar refractivity (Wildman–Crippen MR) is 43.6 cm³/mol. The van der Waals surface area contributed by atoms with Crippen LogP contribution in [-0.4, -0.2) is 22.5 Å². The van der Waals surface area contributed by atoms with Crippen molar-refractivity contribution in [2.45, 2.75) is 4.90 Å². The van der Waals surface area contributed by atoms with Gasteiger partial charge in [0.05, 0.1) is 0 Å². The largest absolute Gasteiger partial charge is 0.177 e. The zero-order valence-corrected chi connectivity index (χ0v) is 7.27. The number of hydrogen-bond donors (Lipinski definition) is 0. The lowest BCUT2D eigenvalue weighted by atomic mass is 10.4. The molecule has 0 unspecified atom stereocenters. The number of thioether (sulfide) groups is 1. The lowest BCUT2D eigenvalue weighted by Crippen LogP contribution is -2.03. The van der Waals surface area contributed by atoms with Crippen LogP contribution in [0.5, 0.6) is 0 Å². The Kier molecular flexibility index (Phi) is 2.66. The number of benzene rings is 1. The Hall–Kier alpha value is 0.102. The second kappa shape index (κ2) is 3.32. The smallest absolute Gasteiger partial charge is 0.131 e. The first-order valence-corrected chi connectivity index (χ1v) is 4.53. The molecular weight excluding hydrogens is 143 g/mol. The monoisotopic (exact) mass is 150 g/mol. The third kappa shape index (κ3) is 1.76. The van der Waals surface area contributed by atoms with Crippen LogP contribution < -0.4 is 4.43 Å². The zero-order valence-electron chi connectivity index (χ0n) is 5.29. The van der Waals surface area contributed by atoms with Crippen molar-refractivity contribution >= 4 is 32.5 Å². The van der Waals surface area contributed by atoms with E-state index in [0.29, 0.717) is 0 Å². The van der Waals surface area contributed by atoms with Crippen molar-refractivity contribution in [1.82, 2.24) is 0 Å². The van der Waals surface area contributed by atoms with Crippen molar-refractivity contribution in [3.05, 3.63) is 24.3 Å². The molecular formula is C7H7AlS. The highest BCUT2D eigenvalue weighted by molar-refractivity contribution is 7.98. The first-order valence-electron chi connectivity index (χ1n) is 2.73. The average Bonchev–Trinajstić information content (AvgIpc) is 1.89. The summed E-state index contributed by atoms with van der Waals surface area (Å²) in [6.45, 7) is 0. The summed E-state index contributed by atoms with van der Waals surface area (Å²) in [7, 11) is 0. The van der Waals surface area contributed by atoms with Crippen LogP contribution in [0.2, 0.25) is 0 Å². The predicted octanol–water partition coefficient (Wildman–Crippen LogP) is 1.20. The fourth-order valence-electron chi connectivity index (χ4n) is 0.666. The highest BCUT2D eigenvalue weighted by Gasteiger charge is 1.88. The van der Waals surface area contributed by atoms with Gasteiger partial charge in [0.1, 0.15) is 0 Å². The number of hydrogen-bond acceptors (Lipinski definition) is 1. The molecule has 1 aromatic rings. The van der Waals surface area contributed by atoms with Gasteiger partial charge in [0.2, 0.25) is 0 Å². The maximum atomic E-state index is 2.71. The van der Waals surface area contributed by atoms with Crippen LogP contribution >= 0.6 is 11.8 Å². The van der Waals surface area contributed by atoms with Crippen LogP contribution in [0.25, 0.3) is 0 Å². The summed E-state index contributed by atoms with van der Waals surface area (Å²) < 4.78 is 1.28. The van der Waals surface area contributed by atoms with E-state index in [-0.39, 0.29) is 0 Å². The molecule has 0 aromatic heterocycles. The quantitative estimate of drug-likeness (QED) is 0.428. The summed E-state index contributed by atoms with van der Waals surface area (Å²) in [6.07, 6.45) is 2.09. The van der Waals surface area contributed by atoms with E-state index in [0.717, 1.165) is 0 Å². The lowest BCUT2D eigenvalue weighted by Gasteiger charge is -1.99. The molecule has 0 spiro atoms. The van der Waals surface area contributed by atoms with E-state index in [9.17, 15) is 0 Å². The van der Waals surface area contributed by atoms with Gasteiger partial charge >= 0.3 is 0 Å². The van der Waals surface area contributed by atoms with E-state index in [1.165, 1.54) is 9.32 Å². The fourth-order valence-corrected chi connectivity index (χ4v) is 1.75. The van der Waals surface area contributed by atoms with Gasteiger partial charge in [-0.1, -0.05) is 18.2 Å². The molecule has 0 aliphatic rings. The Morgan fingerprint density at radius 3 is 2.44 bits per heavy atom. The van der Waals surface area contributed by atoms with Gasteiger partial charge in [-0.25, -0.2) is 0 Å². The van der Waals surface area contributed by atoms with Crippen LogP contribution in [0.15, 0.2) is 29.2 Å². The van der Waals surface area contributed by atoms with E-state index < -0.39 is 0 Å². The Bertz CT molecular complexity index is 198. The number of rotatable bonds is 1. The third-order valence-electron chi connectivity index (χ3n) is 1.14. The average molecular weight is 150 g/mol. The van der Waals surface area contributed by atoms with Gasteiger partial charge in [0.25, 0.3) is 0 Å².